The van der Waals surface area contributed by atoms with Crippen molar-refractivity contribution in [3.63, 3.8) is 0 Å². The molecule has 26 heavy (non-hydrogen) atoms. The monoisotopic (exact) mass is 385 g/mol. The van der Waals surface area contributed by atoms with E-state index in [4.69, 9.17) is 0 Å². The molecule has 0 aliphatic heterocycles. The first kappa shape index (κ1) is 18.5. The first-order chi connectivity index (χ1) is 12.6. The third-order valence-electron chi connectivity index (χ3n) is 3.78. The minimum absolute atomic E-state index is 0.0932. The SMILES string of the molecule is CSc1cccc(NC(=O)CSc2nnnn2-c2c(C)cccc2C)c1. The molecule has 134 valence electrons. The minimum Gasteiger partial charge on any atom is -0.325 e. The number of carbonyl (C=O) groups is 1. The molecule has 3 rings (SSSR count). The van der Waals surface area contributed by atoms with Crippen LogP contribution in [0.2, 0.25) is 0 Å². The molecule has 0 saturated heterocycles. The predicted molar refractivity (Wildman–Crippen MR) is 106 cm³/mol. The second-order valence-corrected chi connectivity index (χ2v) is 7.50. The van der Waals surface area contributed by atoms with Crippen molar-refractivity contribution in [2.75, 3.05) is 17.3 Å². The summed E-state index contributed by atoms with van der Waals surface area (Å²) >= 11 is 2.95. The van der Waals surface area contributed by atoms with Gasteiger partial charge in [-0.3, -0.25) is 4.79 Å². The largest absolute Gasteiger partial charge is 0.325 e. The highest BCUT2D eigenvalue weighted by molar-refractivity contribution is 7.99. The number of anilines is 1. The first-order valence-corrected chi connectivity index (χ1v) is 10.2. The number of aryl methyl sites for hydroxylation is 2. The Bertz CT molecular complexity index is 905. The van der Waals surface area contributed by atoms with Crippen LogP contribution in [0.5, 0.6) is 0 Å². The Morgan fingerprint density at radius 1 is 1.15 bits per heavy atom. The molecule has 0 aliphatic carbocycles. The number of carbonyl (C=O) groups excluding carboxylic acids is 1. The van der Waals surface area contributed by atoms with Gasteiger partial charge in [-0.1, -0.05) is 36.0 Å². The summed E-state index contributed by atoms with van der Waals surface area (Å²) in [5.41, 5.74) is 3.90. The van der Waals surface area contributed by atoms with Crippen LogP contribution < -0.4 is 5.32 Å². The maximum absolute atomic E-state index is 12.3. The molecule has 3 aromatic rings. The van der Waals surface area contributed by atoms with Gasteiger partial charge in [-0.2, -0.15) is 4.68 Å². The lowest BCUT2D eigenvalue weighted by atomic mass is 10.1. The number of para-hydroxylation sites is 1. The number of tetrazole rings is 1. The molecule has 1 aromatic heterocycles. The van der Waals surface area contributed by atoms with Gasteiger partial charge in [0.25, 0.3) is 0 Å². The maximum atomic E-state index is 12.3. The fourth-order valence-electron chi connectivity index (χ4n) is 2.58. The highest BCUT2D eigenvalue weighted by Gasteiger charge is 2.14. The average Bonchev–Trinajstić information content (AvgIpc) is 3.08. The summed E-state index contributed by atoms with van der Waals surface area (Å²) in [6.45, 7) is 4.04. The molecule has 8 heteroatoms. The molecule has 6 nitrogen and oxygen atoms in total. The van der Waals surface area contributed by atoms with E-state index in [1.165, 1.54) is 11.8 Å². The fourth-order valence-corrected chi connectivity index (χ4v) is 3.71. The van der Waals surface area contributed by atoms with Crippen molar-refractivity contribution in [1.82, 2.24) is 20.2 Å². The van der Waals surface area contributed by atoms with Crippen LogP contribution in [0.25, 0.3) is 5.69 Å². The Labute approximate surface area is 160 Å². The summed E-state index contributed by atoms with van der Waals surface area (Å²) in [7, 11) is 0. The number of benzene rings is 2. The lowest BCUT2D eigenvalue weighted by Crippen LogP contribution is -2.14. The van der Waals surface area contributed by atoms with Crippen molar-refractivity contribution in [2.24, 2.45) is 0 Å². The molecule has 0 bridgehead atoms. The van der Waals surface area contributed by atoms with E-state index in [0.29, 0.717) is 5.16 Å². The second-order valence-electron chi connectivity index (χ2n) is 5.68. The van der Waals surface area contributed by atoms with Gasteiger partial charge in [-0.15, -0.1) is 16.9 Å². The lowest BCUT2D eigenvalue weighted by Gasteiger charge is -2.10. The van der Waals surface area contributed by atoms with Crippen LogP contribution in [0.3, 0.4) is 0 Å². The second kappa shape index (κ2) is 8.37. The maximum Gasteiger partial charge on any atom is 0.234 e. The van der Waals surface area contributed by atoms with Gasteiger partial charge in [0.1, 0.15) is 0 Å². The van der Waals surface area contributed by atoms with Crippen molar-refractivity contribution in [2.45, 2.75) is 23.9 Å². The number of rotatable bonds is 6. The van der Waals surface area contributed by atoms with Crippen LogP contribution in [0, 0.1) is 13.8 Å². The smallest absolute Gasteiger partial charge is 0.234 e. The van der Waals surface area contributed by atoms with Gasteiger partial charge < -0.3 is 5.32 Å². The predicted octanol–water partition coefficient (Wildman–Crippen LogP) is 3.73. The van der Waals surface area contributed by atoms with Crippen molar-refractivity contribution in [3.8, 4) is 5.69 Å². The van der Waals surface area contributed by atoms with Crippen molar-refractivity contribution in [1.29, 1.82) is 0 Å². The molecule has 0 aliphatic rings. The van der Waals surface area contributed by atoms with E-state index in [1.807, 2.05) is 62.6 Å². The molecule has 0 unspecified atom stereocenters. The molecule has 0 radical (unpaired) electrons. The summed E-state index contributed by atoms with van der Waals surface area (Å²) in [6, 6.07) is 13.8. The number of aromatic nitrogens is 4. The van der Waals surface area contributed by atoms with Crippen LogP contribution >= 0.6 is 23.5 Å². The molecular weight excluding hydrogens is 366 g/mol. The van der Waals surface area contributed by atoms with Gasteiger partial charge >= 0.3 is 0 Å². The highest BCUT2D eigenvalue weighted by Crippen LogP contribution is 2.24. The Balaban J connectivity index is 1.69. The molecule has 0 fully saturated rings. The van der Waals surface area contributed by atoms with E-state index in [2.05, 4.69) is 20.8 Å². The summed E-state index contributed by atoms with van der Waals surface area (Å²) in [5, 5.41) is 15.4. The topological polar surface area (TPSA) is 72.7 Å². The molecule has 1 heterocycles. The number of amides is 1. The molecule has 1 amide bonds. The van der Waals surface area contributed by atoms with Gasteiger partial charge in [0.2, 0.25) is 11.1 Å². The van der Waals surface area contributed by atoms with E-state index in [1.54, 1.807) is 16.4 Å². The normalized spacial score (nSPS) is 10.7. The summed E-state index contributed by atoms with van der Waals surface area (Å²) in [4.78, 5) is 13.4. The van der Waals surface area contributed by atoms with Gasteiger partial charge in [-0.25, -0.2) is 0 Å². The Morgan fingerprint density at radius 3 is 2.62 bits per heavy atom. The van der Waals surface area contributed by atoms with E-state index >= 15 is 0 Å². The molecule has 1 N–H and O–H groups in total. The molecular formula is C18H19N5OS2. The van der Waals surface area contributed by atoms with Gasteiger partial charge in [0.15, 0.2) is 0 Å². The van der Waals surface area contributed by atoms with E-state index in [-0.39, 0.29) is 11.7 Å². The van der Waals surface area contributed by atoms with Crippen LogP contribution in [-0.2, 0) is 4.79 Å². The lowest BCUT2D eigenvalue weighted by molar-refractivity contribution is -0.113. The average molecular weight is 386 g/mol. The van der Waals surface area contributed by atoms with Crippen LogP contribution in [-0.4, -0.2) is 38.1 Å². The number of nitrogens with one attached hydrogen (secondary N) is 1. The van der Waals surface area contributed by atoms with E-state index < -0.39 is 0 Å². The summed E-state index contributed by atoms with van der Waals surface area (Å²) < 4.78 is 1.69. The number of nitrogens with zero attached hydrogens (tertiary/aromatic N) is 4. The minimum atomic E-state index is -0.0932. The first-order valence-electron chi connectivity index (χ1n) is 8.00. The van der Waals surface area contributed by atoms with E-state index in [9.17, 15) is 4.79 Å². The van der Waals surface area contributed by atoms with Gasteiger partial charge in [0, 0.05) is 10.6 Å². The highest BCUT2D eigenvalue weighted by atomic mass is 32.2. The summed E-state index contributed by atoms with van der Waals surface area (Å²) in [6.07, 6.45) is 2.00. The van der Waals surface area contributed by atoms with E-state index in [0.717, 1.165) is 27.4 Å². The number of hydrogen-bond acceptors (Lipinski definition) is 6. The zero-order valence-corrected chi connectivity index (χ0v) is 16.4. The van der Waals surface area contributed by atoms with Crippen molar-refractivity contribution >= 4 is 35.1 Å². The standard InChI is InChI=1S/C18H19N5OS2/c1-12-6-4-7-13(2)17(12)23-18(20-21-22-23)26-11-16(24)19-14-8-5-9-15(10-14)25-3/h4-10H,11H2,1-3H3,(H,19,24). The summed E-state index contributed by atoms with van der Waals surface area (Å²) in [5.74, 6) is 0.138. The number of thioether (sulfide) groups is 2. The molecule has 0 saturated carbocycles. The third kappa shape index (κ3) is 4.25. The number of hydrogen-bond donors (Lipinski definition) is 1. The van der Waals surface area contributed by atoms with Crippen LogP contribution in [0.1, 0.15) is 11.1 Å². The van der Waals surface area contributed by atoms with Gasteiger partial charge in [0.05, 0.1) is 11.4 Å². The zero-order valence-electron chi connectivity index (χ0n) is 14.8. The molecule has 0 spiro atoms. The fraction of sp³-hybridized carbons (Fsp3) is 0.222. The van der Waals surface area contributed by atoms with Crippen molar-refractivity contribution in [3.05, 3.63) is 53.6 Å². The molecule has 0 atom stereocenters. The zero-order chi connectivity index (χ0) is 18.5. The van der Waals surface area contributed by atoms with Gasteiger partial charge in [-0.05, 0) is 59.9 Å². The van der Waals surface area contributed by atoms with Crippen molar-refractivity contribution < 1.29 is 4.79 Å². The quantitative estimate of drug-likeness (QED) is 0.652. The third-order valence-corrected chi connectivity index (χ3v) is 5.42. The van der Waals surface area contributed by atoms with Crippen LogP contribution in [0.15, 0.2) is 52.5 Å². The molecule has 2 aromatic carbocycles. The Morgan fingerprint density at radius 2 is 1.88 bits per heavy atom. The Kier molecular flexibility index (Phi) is 5.95. The van der Waals surface area contributed by atoms with Crippen LogP contribution in [0.4, 0.5) is 5.69 Å². The Hall–Kier alpha value is -2.32.